The van der Waals surface area contributed by atoms with Gasteiger partial charge in [0, 0.05) is 56.4 Å². The van der Waals surface area contributed by atoms with Crippen LogP contribution in [0.2, 0.25) is 0 Å². The quantitative estimate of drug-likeness (QED) is 0.344. The maximum atomic E-state index is 5.41. The zero-order valence-corrected chi connectivity index (χ0v) is 17.8. The molecule has 0 amide bonds. The number of guanidine groups is 1. The van der Waals surface area contributed by atoms with Gasteiger partial charge in [-0.05, 0) is 39.5 Å². The van der Waals surface area contributed by atoms with E-state index in [1.807, 2.05) is 0 Å². The molecule has 2 fully saturated rings. The van der Waals surface area contributed by atoms with Crippen LogP contribution in [0.25, 0.3) is 0 Å². The van der Waals surface area contributed by atoms with E-state index >= 15 is 0 Å². The second-order valence-corrected chi connectivity index (χ2v) is 8.64. The first kappa shape index (κ1) is 21.8. The molecular formula is C20H40N4OS. The van der Waals surface area contributed by atoms with Crippen molar-refractivity contribution in [1.82, 2.24) is 15.5 Å². The number of rotatable bonds is 10. The molecule has 26 heavy (non-hydrogen) atoms. The first-order valence-corrected chi connectivity index (χ1v) is 11.9. The van der Waals surface area contributed by atoms with Gasteiger partial charge in [-0.15, -0.1) is 0 Å². The molecule has 1 aliphatic heterocycles. The molecule has 1 aliphatic carbocycles. The van der Waals surface area contributed by atoms with Crippen molar-refractivity contribution in [3.05, 3.63) is 0 Å². The third kappa shape index (κ3) is 7.28. The minimum absolute atomic E-state index is 0.302. The fraction of sp³-hybridized carbons (Fsp3) is 0.950. The number of aliphatic imine (C=N–C) groups is 1. The van der Waals surface area contributed by atoms with Crippen LogP contribution >= 0.6 is 11.8 Å². The fourth-order valence-electron chi connectivity index (χ4n) is 4.07. The van der Waals surface area contributed by atoms with Crippen molar-refractivity contribution < 1.29 is 4.74 Å². The summed E-state index contributed by atoms with van der Waals surface area (Å²) in [5.41, 5.74) is 0.302. The van der Waals surface area contributed by atoms with Gasteiger partial charge in [-0.25, -0.2) is 0 Å². The normalized spacial score (nSPS) is 21.5. The van der Waals surface area contributed by atoms with Crippen molar-refractivity contribution in [2.75, 3.05) is 57.4 Å². The zero-order chi connectivity index (χ0) is 18.5. The highest BCUT2D eigenvalue weighted by molar-refractivity contribution is 7.99. The summed E-state index contributed by atoms with van der Waals surface area (Å²) in [4.78, 5) is 7.79. The highest BCUT2D eigenvalue weighted by Gasteiger charge is 2.38. The van der Waals surface area contributed by atoms with Gasteiger partial charge >= 0.3 is 0 Å². The molecule has 0 aromatic carbocycles. The van der Waals surface area contributed by atoms with Crippen LogP contribution in [0.1, 0.15) is 58.8 Å². The topological polar surface area (TPSA) is 48.9 Å². The van der Waals surface area contributed by atoms with Crippen molar-refractivity contribution in [3.63, 3.8) is 0 Å². The Kier molecular flexibility index (Phi) is 10.8. The molecule has 152 valence electrons. The maximum Gasteiger partial charge on any atom is 0.191 e. The first-order chi connectivity index (χ1) is 12.8. The lowest BCUT2D eigenvalue weighted by atomic mass is 9.80. The van der Waals surface area contributed by atoms with Crippen LogP contribution in [0.4, 0.5) is 0 Å². The van der Waals surface area contributed by atoms with Crippen LogP contribution in [0.5, 0.6) is 0 Å². The Bertz CT molecular complexity index is 393. The summed E-state index contributed by atoms with van der Waals surface area (Å²) in [5, 5.41) is 6.95. The monoisotopic (exact) mass is 384 g/mol. The van der Waals surface area contributed by atoms with E-state index in [1.54, 1.807) is 0 Å². The van der Waals surface area contributed by atoms with Gasteiger partial charge in [0.1, 0.15) is 0 Å². The van der Waals surface area contributed by atoms with E-state index in [0.717, 1.165) is 51.6 Å². The smallest absolute Gasteiger partial charge is 0.191 e. The number of nitrogens with zero attached hydrogens (tertiary/aromatic N) is 2. The van der Waals surface area contributed by atoms with Crippen molar-refractivity contribution in [2.45, 2.75) is 64.3 Å². The van der Waals surface area contributed by atoms with Crippen LogP contribution in [0.15, 0.2) is 4.99 Å². The highest BCUT2D eigenvalue weighted by atomic mass is 32.2. The Balaban J connectivity index is 1.88. The van der Waals surface area contributed by atoms with E-state index in [4.69, 9.17) is 9.73 Å². The molecule has 0 unspecified atom stereocenters. The molecule has 1 saturated heterocycles. The molecular weight excluding hydrogens is 344 g/mol. The number of hydrogen-bond donors (Lipinski definition) is 2. The molecule has 0 radical (unpaired) electrons. The van der Waals surface area contributed by atoms with Gasteiger partial charge in [0.25, 0.3) is 0 Å². The third-order valence-electron chi connectivity index (χ3n) is 5.55. The second-order valence-electron chi connectivity index (χ2n) is 7.41. The molecule has 2 rings (SSSR count). The van der Waals surface area contributed by atoms with Crippen molar-refractivity contribution in [3.8, 4) is 0 Å². The van der Waals surface area contributed by atoms with E-state index in [-0.39, 0.29) is 0 Å². The molecule has 1 saturated carbocycles. The predicted octanol–water partition coefficient (Wildman–Crippen LogP) is 3.11. The Morgan fingerprint density at radius 2 is 1.85 bits per heavy atom. The van der Waals surface area contributed by atoms with E-state index in [1.165, 1.54) is 56.7 Å². The maximum absolute atomic E-state index is 5.41. The van der Waals surface area contributed by atoms with Gasteiger partial charge < -0.3 is 15.4 Å². The molecule has 0 aromatic rings. The summed E-state index contributed by atoms with van der Waals surface area (Å²) in [6.45, 7) is 11.2. The minimum Gasteiger partial charge on any atom is -0.382 e. The number of ether oxygens (including phenoxy) is 1. The lowest BCUT2D eigenvalue weighted by Gasteiger charge is -2.47. The van der Waals surface area contributed by atoms with Crippen molar-refractivity contribution in [2.24, 2.45) is 4.99 Å². The molecule has 6 heteroatoms. The summed E-state index contributed by atoms with van der Waals surface area (Å²) in [6, 6.07) is 0. The molecule has 5 nitrogen and oxygen atoms in total. The third-order valence-corrected chi connectivity index (χ3v) is 6.50. The van der Waals surface area contributed by atoms with Crippen LogP contribution in [0, 0.1) is 0 Å². The van der Waals surface area contributed by atoms with E-state index in [0.29, 0.717) is 5.54 Å². The molecule has 0 spiro atoms. The number of unbranched alkanes of at least 4 members (excludes halogenated alkanes) is 1. The molecule has 0 aromatic heterocycles. The molecule has 0 bridgehead atoms. The zero-order valence-electron chi connectivity index (χ0n) is 17.0. The minimum atomic E-state index is 0.302. The van der Waals surface area contributed by atoms with Crippen LogP contribution in [-0.2, 0) is 4.74 Å². The average Bonchev–Trinajstić information content (AvgIpc) is 2.70. The number of nitrogens with one attached hydrogen (secondary N) is 2. The van der Waals surface area contributed by atoms with Crippen LogP contribution in [-0.4, -0.2) is 73.8 Å². The van der Waals surface area contributed by atoms with Crippen molar-refractivity contribution in [1.29, 1.82) is 0 Å². The molecule has 0 atom stereocenters. The van der Waals surface area contributed by atoms with Crippen molar-refractivity contribution >= 4 is 17.7 Å². The van der Waals surface area contributed by atoms with Gasteiger partial charge in [0.05, 0.1) is 6.54 Å². The molecule has 2 N–H and O–H groups in total. The van der Waals surface area contributed by atoms with Gasteiger partial charge in [-0.3, -0.25) is 9.89 Å². The number of hydrogen-bond acceptors (Lipinski definition) is 4. The summed E-state index contributed by atoms with van der Waals surface area (Å²) < 4.78 is 5.41. The first-order valence-electron chi connectivity index (χ1n) is 10.7. The summed E-state index contributed by atoms with van der Waals surface area (Å²) in [7, 11) is 0. The largest absolute Gasteiger partial charge is 0.382 e. The standard InChI is InChI=1S/C20H40N4OS/c1-3-21-19(22-12-8-9-15-25-4-2)23-18-20(10-6-5-7-11-20)24-13-16-26-17-14-24/h3-18H2,1-2H3,(H2,21,22,23). The van der Waals surface area contributed by atoms with Gasteiger partial charge in [0.15, 0.2) is 5.96 Å². The predicted molar refractivity (Wildman–Crippen MR) is 114 cm³/mol. The van der Waals surface area contributed by atoms with E-state index in [9.17, 15) is 0 Å². The second kappa shape index (κ2) is 12.8. The Hall–Kier alpha value is -0.460. The Morgan fingerprint density at radius 3 is 2.54 bits per heavy atom. The van der Waals surface area contributed by atoms with Gasteiger partial charge in [-0.2, -0.15) is 11.8 Å². The highest BCUT2D eigenvalue weighted by Crippen LogP contribution is 2.35. The van der Waals surface area contributed by atoms with Gasteiger partial charge in [0.2, 0.25) is 0 Å². The lowest BCUT2D eigenvalue weighted by molar-refractivity contribution is 0.0672. The Morgan fingerprint density at radius 1 is 1.08 bits per heavy atom. The van der Waals surface area contributed by atoms with Crippen LogP contribution < -0.4 is 10.6 Å². The molecule has 1 heterocycles. The van der Waals surface area contributed by atoms with Gasteiger partial charge in [-0.1, -0.05) is 19.3 Å². The summed E-state index contributed by atoms with van der Waals surface area (Å²) in [6.07, 6.45) is 8.98. The SMILES string of the molecule is CCNC(=NCC1(N2CCSCC2)CCCCC1)NCCCCOCC. The average molecular weight is 385 g/mol. The van der Waals surface area contributed by atoms with E-state index in [2.05, 4.69) is 41.1 Å². The van der Waals surface area contributed by atoms with E-state index < -0.39 is 0 Å². The summed E-state index contributed by atoms with van der Waals surface area (Å²) in [5.74, 6) is 3.55. The lowest BCUT2D eigenvalue weighted by Crippen LogP contribution is -2.55. The fourth-order valence-corrected chi connectivity index (χ4v) is 4.97. The summed E-state index contributed by atoms with van der Waals surface area (Å²) >= 11 is 2.10. The Labute approximate surface area is 165 Å². The molecule has 2 aliphatic rings. The number of thioether (sulfide) groups is 1. The van der Waals surface area contributed by atoms with Crippen LogP contribution in [0.3, 0.4) is 0 Å².